The Hall–Kier alpha value is -3.14. The summed E-state index contributed by atoms with van der Waals surface area (Å²) in [5, 5.41) is 10.8. The Morgan fingerprint density at radius 3 is 2.41 bits per heavy atom. The first-order valence-corrected chi connectivity index (χ1v) is 12.0. The molecule has 4 aromatic rings. The van der Waals surface area contributed by atoms with Crippen LogP contribution in [0.15, 0.2) is 83.9 Å². The van der Waals surface area contributed by atoms with Gasteiger partial charge in [-0.3, -0.25) is 0 Å². The van der Waals surface area contributed by atoms with Crippen molar-refractivity contribution in [3.63, 3.8) is 0 Å². The molecule has 5 nitrogen and oxygen atoms in total. The van der Waals surface area contributed by atoms with Crippen molar-refractivity contribution in [1.82, 2.24) is 9.71 Å². The third-order valence-corrected chi connectivity index (χ3v) is 7.15. The Balaban J connectivity index is 1.54. The Bertz CT molecular complexity index is 1390. The number of halogens is 3. The number of aromatic nitrogens is 1. The molecule has 34 heavy (non-hydrogen) atoms. The molecule has 0 bridgehead atoms. The number of H-pyrrole nitrogens is 1. The van der Waals surface area contributed by atoms with Gasteiger partial charge in [-0.2, -0.15) is 8.78 Å². The highest BCUT2D eigenvalue weighted by Gasteiger charge is 2.31. The molecule has 3 aromatic carbocycles. The van der Waals surface area contributed by atoms with Crippen LogP contribution in [0, 0.1) is 0 Å². The fourth-order valence-corrected chi connectivity index (χ4v) is 5.10. The fourth-order valence-electron chi connectivity index (χ4n) is 3.82. The van der Waals surface area contributed by atoms with E-state index in [1.165, 1.54) is 24.3 Å². The number of para-hydroxylation sites is 1. The van der Waals surface area contributed by atoms with Crippen molar-refractivity contribution in [2.45, 2.75) is 23.3 Å². The van der Waals surface area contributed by atoms with E-state index in [-0.39, 0.29) is 11.3 Å². The van der Waals surface area contributed by atoms with Gasteiger partial charge in [-0.25, -0.2) is 17.5 Å². The van der Waals surface area contributed by atoms with E-state index in [1.54, 1.807) is 18.3 Å². The molecule has 1 aromatic heterocycles. The summed E-state index contributed by atoms with van der Waals surface area (Å²) in [6, 6.07) is 17.9. The maximum absolute atomic E-state index is 13.5. The molecule has 0 radical (unpaired) electrons. The zero-order chi connectivity index (χ0) is 24.3. The van der Waals surface area contributed by atoms with Gasteiger partial charge in [0, 0.05) is 28.7 Å². The van der Waals surface area contributed by atoms with Gasteiger partial charge < -0.3 is 10.1 Å². The molecule has 1 atom stereocenters. The number of hydrogen-bond donors (Lipinski definition) is 3. The van der Waals surface area contributed by atoms with E-state index in [2.05, 4.69) is 9.71 Å². The van der Waals surface area contributed by atoms with Crippen molar-refractivity contribution in [3.05, 3.63) is 90.1 Å². The predicted molar refractivity (Wildman–Crippen MR) is 125 cm³/mol. The lowest BCUT2D eigenvalue weighted by atomic mass is 10.0. The molecule has 0 aliphatic rings. The molecule has 3 N–H and O–H groups in total. The van der Waals surface area contributed by atoms with Gasteiger partial charge in [0.25, 0.3) is 0 Å². The second-order valence-electron chi connectivity index (χ2n) is 8.01. The van der Waals surface area contributed by atoms with E-state index < -0.39 is 40.8 Å². The first-order chi connectivity index (χ1) is 16.2. The van der Waals surface area contributed by atoms with Crippen LogP contribution >= 0.6 is 0 Å². The molecule has 0 fully saturated rings. The molecule has 9 heteroatoms. The lowest BCUT2D eigenvalue weighted by molar-refractivity contribution is -0.0280. The molecule has 0 saturated heterocycles. The largest absolute Gasteiger partial charge is 0.395 e. The summed E-state index contributed by atoms with van der Waals surface area (Å²) < 4.78 is 68.2. The normalized spacial score (nSPS) is 13.3. The minimum atomic E-state index is -3.98. The van der Waals surface area contributed by atoms with Crippen molar-refractivity contribution < 1.29 is 26.7 Å². The van der Waals surface area contributed by atoms with Gasteiger partial charge in [-0.05, 0) is 41.3 Å². The maximum atomic E-state index is 13.5. The third-order valence-electron chi connectivity index (χ3n) is 5.64. The highest BCUT2D eigenvalue weighted by Crippen LogP contribution is 2.31. The molecule has 178 valence electrons. The summed E-state index contributed by atoms with van der Waals surface area (Å²) in [5.41, 5.74) is 2.34. The summed E-state index contributed by atoms with van der Waals surface area (Å²) in [6.45, 7) is -2.20. The van der Waals surface area contributed by atoms with Gasteiger partial charge in [0.1, 0.15) is 0 Å². The summed E-state index contributed by atoms with van der Waals surface area (Å²) >= 11 is 0. The molecule has 0 spiro atoms. The van der Waals surface area contributed by atoms with Crippen molar-refractivity contribution in [2.24, 2.45) is 0 Å². The van der Waals surface area contributed by atoms with Crippen molar-refractivity contribution in [2.75, 3.05) is 13.3 Å². The van der Waals surface area contributed by atoms with E-state index in [4.69, 9.17) is 0 Å². The number of rotatable bonds is 9. The Kier molecular flexibility index (Phi) is 6.79. The van der Waals surface area contributed by atoms with Crippen LogP contribution in [0.1, 0.15) is 11.1 Å². The van der Waals surface area contributed by atoms with Crippen LogP contribution in [0.3, 0.4) is 0 Å². The second-order valence-corrected chi connectivity index (χ2v) is 9.72. The predicted octanol–water partition coefficient (Wildman–Crippen LogP) is 4.78. The van der Waals surface area contributed by atoms with Gasteiger partial charge in [0.05, 0.1) is 11.5 Å². The van der Waals surface area contributed by atoms with Gasteiger partial charge in [-0.1, -0.05) is 54.6 Å². The van der Waals surface area contributed by atoms with Crippen LogP contribution in [0.2, 0.25) is 0 Å². The number of aliphatic hydroxyl groups is 1. The van der Waals surface area contributed by atoms with Crippen molar-refractivity contribution >= 4 is 20.9 Å². The number of aromatic amines is 1. The number of aliphatic hydroxyl groups excluding tert-OH is 1. The molecular weight excluding hydrogens is 465 g/mol. The number of sulfonamides is 1. The maximum Gasteiger partial charge on any atom is 0.301 e. The van der Waals surface area contributed by atoms with E-state index in [1.807, 2.05) is 24.3 Å². The smallest absolute Gasteiger partial charge is 0.301 e. The molecular formula is C25H23F3N2O3S. The topological polar surface area (TPSA) is 82.2 Å². The third kappa shape index (κ3) is 5.01. The van der Waals surface area contributed by atoms with Gasteiger partial charge in [0.2, 0.25) is 10.0 Å². The zero-order valence-electron chi connectivity index (χ0n) is 18.0. The Morgan fingerprint density at radius 2 is 1.71 bits per heavy atom. The van der Waals surface area contributed by atoms with E-state index in [9.17, 15) is 26.7 Å². The Labute approximate surface area is 195 Å². The number of benzene rings is 3. The molecule has 0 amide bonds. The number of alkyl halides is 3. The lowest BCUT2D eigenvalue weighted by Crippen LogP contribution is -2.39. The average Bonchev–Trinajstić information content (AvgIpc) is 3.26. The minimum absolute atomic E-state index is 0.0273. The summed E-state index contributed by atoms with van der Waals surface area (Å²) in [5.74, 6) is -3.57. The summed E-state index contributed by atoms with van der Waals surface area (Å²) in [4.78, 5) is 3.10. The van der Waals surface area contributed by atoms with Gasteiger partial charge in [0.15, 0.2) is 6.67 Å². The molecule has 1 heterocycles. The first-order valence-electron chi connectivity index (χ1n) is 10.6. The molecule has 0 aliphatic carbocycles. The van der Waals surface area contributed by atoms with Crippen LogP contribution in [0.4, 0.5) is 13.2 Å². The highest BCUT2D eigenvalue weighted by molar-refractivity contribution is 7.89. The summed E-state index contributed by atoms with van der Waals surface area (Å²) in [7, 11) is -3.98. The van der Waals surface area contributed by atoms with Gasteiger partial charge in [-0.15, -0.1) is 0 Å². The first kappa shape index (κ1) is 24.0. The SMILES string of the molecule is O=S(=O)(N[C@@H](CO)Cc1c[nH]c2ccccc12)c1cccc(-c2ccc(C(F)(F)CF)cc2)c1. The molecule has 0 saturated carbocycles. The van der Waals surface area contributed by atoms with Crippen molar-refractivity contribution in [3.8, 4) is 11.1 Å². The minimum Gasteiger partial charge on any atom is -0.395 e. The standard InChI is InChI=1S/C25H23F3N2O3S/c26-16-25(27,28)20-10-8-17(9-11-20)18-4-3-5-22(13-18)34(32,33)30-21(15-31)12-19-14-29-24-7-2-1-6-23(19)24/h1-11,13-14,21,29-31H,12,15-16H2/t21-/m1/s1. The van der Waals surface area contributed by atoms with Crippen LogP contribution in [-0.2, 0) is 22.4 Å². The van der Waals surface area contributed by atoms with Gasteiger partial charge >= 0.3 is 5.92 Å². The van der Waals surface area contributed by atoms with Crippen molar-refractivity contribution in [1.29, 1.82) is 0 Å². The molecule has 0 unspecified atom stereocenters. The fraction of sp³-hybridized carbons (Fsp3) is 0.200. The molecule has 4 rings (SSSR count). The lowest BCUT2D eigenvalue weighted by Gasteiger charge is -2.17. The van der Waals surface area contributed by atoms with E-state index >= 15 is 0 Å². The quantitative estimate of drug-likeness (QED) is 0.317. The second kappa shape index (κ2) is 9.61. The van der Waals surface area contributed by atoms with Crippen LogP contribution in [-0.4, -0.2) is 37.8 Å². The summed E-state index contributed by atoms with van der Waals surface area (Å²) in [6.07, 6.45) is 2.07. The van der Waals surface area contributed by atoms with E-state index in [0.717, 1.165) is 28.6 Å². The number of nitrogens with one attached hydrogen (secondary N) is 2. The monoisotopic (exact) mass is 488 g/mol. The highest BCUT2D eigenvalue weighted by atomic mass is 32.2. The number of hydrogen-bond acceptors (Lipinski definition) is 3. The Morgan fingerprint density at radius 1 is 0.971 bits per heavy atom. The average molecular weight is 489 g/mol. The van der Waals surface area contributed by atoms with Crippen LogP contribution in [0.25, 0.3) is 22.0 Å². The van der Waals surface area contributed by atoms with E-state index in [0.29, 0.717) is 11.1 Å². The molecule has 0 aliphatic heterocycles. The zero-order valence-corrected chi connectivity index (χ0v) is 18.8. The number of fused-ring (bicyclic) bond motifs is 1. The van der Waals surface area contributed by atoms with Crippen LogP contribution < -0.4 is 4.72 Å². The van der Waals surface area contributed by atoms with Crippen LogP contribution in [0.5, 0.6) is 0 Å².